The Kier molecular flexibility index (Phi) is 4.67. The fourth-order valence-corrected chi connectivity index (χ4v) is 3.07. The Labute approximate surface area is 162 Å². The predicted molar refractivity (Wildman–Crippen MR) is 107 cm³/mol. The highest BCUT2D eigenvalue weighted by atomic mass is 16.2. The minimum absolute atomic E-state index is 0.0342. The molecule has 0 unspecified atom stereocenters. The van der Waals surface area contributed by atoms with E-state index in [1.807, 2.05) is 29.2 Å². The van der Waals surface area contributed by atoms with Crippen LogP contribution in [0.5, 0.6) is 0 Å². The molecule has 0 saturated carbocycles. The second kappa shape index (κ2) is 7.43. The summed E-state index contributed by atoms with van der Waals surface area (Å²) in [5.41, 5.74) is 9.27. The number of nitrogens with one attached hydrogen (secondary N) is 2. The van der Waals surface area contributed by atoms with Crippen LogP contribution in [0, 0.1) is 5.41 Å². The van der Waals surface area contributed by atoms with Gasteiger partial charge < -0.3 is 16.0 Å². The summed E-state index contributed by atoms with van der Waals surface area (Å²) in [7, 11) is 0. The zero-order valence-electron chi connectivity index (χ0n) is 15.1. The Morgan fingerprint density at radius 1 is 1.21 bits per heavy atom. The SMILES string of the molecule is N=C(c1cccc(N2CCNC(=O)C2)n1)c1cc(-c2cccnc2)ncc1N. The van der Waals surface area contributed by atoms with Crippen LogP contribution in [0.4, 0.5) is 11.5 Å². The first-order valence-electron chi connectivity index (χ1n) is 8.86. The number of hydrogen-bond donors (Lipinski definition) is 3. The molecule has 1 amide bonds. The van der Waals surface area contributed by atoms with Crippen LogP contribution in [0.1, 0.15) is 11.3 Å². The van der Waals surface area contributed by atoms with Crippen molar-refractivity contribution in [1.29, 1.82) is 5.41 Å². The first kappa shape index (κ1) is 17.6. The van der Waals surface area contributed by atoms with Crippen LogP contribution in [-0.2, 0) is 4.79 Å². The van der Waals surface area contributed by atoms with E-state index < -0.39 is 0 Å². The van der Waals surface area contributed by atoms with Gasteiger partial charge in [0.05, 0.1) is 35.5 Å². The molecule has 1 saturated heterocycles. The lowest BCUT2D eigenvalue weighted by Gasteiger charge is -2.27. The third-order valence-corrected chi connectivity index (χ3v) is 4.51. The van der Waals surface area contributed by atoms with Gasteiger partial charge in [-0.15, -0.1) is 0 Å². The Hall–Kier alpha value is -3.81. The highest BCUT2D eigenvalue weighted by molar-refractivity contribution is 6.13. The molecule has 8 heteroatoms. The average molecular weight is 373 g/mol. The number of pyridine rings is 3. The minimum atomic E-state index is -0.0342. The van der Waals surface area contributed by atoms with Gasteiger partial charge in [-0.25, -0.2) is 4.98 Å². The van der Waals surface area contributed by atoms with Crippen molar-refractivity contribution in [2.24, 2.45) is 0 Å². The normalized spacial score (nSPS) is 13.9. The van der Waals surface area contributed by atoms with Crippen LogP contribution < -0.4 is 16.0 Å². The van der Waals surface area contributed by atoms with Crippen molar-refractivity contribution >= 4 is 23.1 Å². The van der Waals surface area contributed by atoms with E-state index in [1.165, 1.54) is 0 Å². The smallest absolute Gasteiger partial charge is 0.239 e. The summed E-state index contributed by atoms with van der Waals surface area (Å²) in [5, 5.41) is 11.4. The minimum Gasteiger partial charge on any atom is -0.397 e. The lowest BCUT2D eigenvalue weighted by atomic mass is 10.0. The number of piperazine rings is 1. The fraction of sp³-hybridized carbons (Fsp3) is 0.150. The van der Waals surface area contributed by atoms with Crippen molar-refractivity contribution in [3.8, 4) is 11.3 Å². The van der Waals surface area contributed by atoms with E-state index in [0.29, 0.717) is 41.5 Å². The Bertz CT molecular complexity index is 1040. The van der Waals surface area contributed by atoms with Crippen molar-refractivity contribution in [3.63, 3.8) is 0 Å². The van der Waals surface area contributed by atoms with E-state index >= 15 is 0 Å². The van der Waals surface area contributed by atoms with Crippen molar-refractivity contribution in [2.75, 3.05) is 30.3 Å². The first-order chi connectivity index (χ1) is 13.6. The number of rotatable bonds is 4. The summed E-state index contributed by atoms with van der Waals surface area (Å²) < 4.78 is 0. The summed E-state index contributed by atoms with van der Waals surface area (Å²) in [6, 6.07) is 10.9. The van der Waals surface area contributed by atoms with Gasteiger partial charge in [0.1, 0.15) is 5.82 Å². The maximum Gasteiger partial charge on any atom is 0.239 e. The average Bonchev–Trinajstić information content (AvgIpc) is 2.74. The molecular weight excluding hydrogens is 354 g/mol. The standard InChI is InChI=1S/C20H19N7O/c21-15-11-25-17(13-3-2-6-23-10-13)9-14(15)20(22)16-4-1-5-18(26-16)27-8-7-24-19(28)12-27/h1-6,9-11,22H,7-8,12,21H2,(H,24,28). The Morgan fingerprint density at radius 2 is 2.11 bits per heavy atom. The number of nitrogens with two attached hydrogens (primary N) is 1. The molecule has 8 nitrogen and oxygen atoms in total. The number of amides is 1. The van der Waals surface area contributed by atoms with Crippen molar-refractivity contribution < 1.29 is 4.79 Å². The number of carbonyl (C=O) groups is 1. The second-order valence-corrected chi connectivity index (χ2v) is 6.43. The van der Waals surface area contributed by atoms with Gasteiger partial charge in [0.2, 0.25) is 5.91 Å². The molecule has 1 aliphatic heterocycles. The molecular formula is C20H19N7O. The number of anilines is 2. The van der Waals surface area contributed by atoms with E-state index in [0.717, 1.165) is 5.56 Å². The molecule has 140 valence electrons. The summed E-state index contributed by atoms with van der Waals surface area (Å²) in [5.74, 6) is 0.630. The van der Waals surface area contributed by atoms with E-state index in [2.05, 4.69) is 20.3 Å². The molecule has 4 N–H and O–H groups in total. The van der Waals surface area contributed by atoms with Crippen molar-refractivity contribution in [2.45, 2.75) is 0 Å². The van der Waals surface area contributed by atoms with Gasteiger partial charge >= 0.3 is 0 Å². The molecule has 1 aliphatic rings. The first-order valence-corrected chi connectivity index (χ1v) is 8.86. The summed E-state index contributed by atoms with van der Waals surface area (Å²) in [6.45, 7) is 1.51. The van der Waals surface area contributed by atoms with Crippen molar-refractivity contribution in [1.82, 2.24) is 20.3 Å². The molecule has 0 aliphatic carbocycles. The number of carbonyl (C=O) groups excluding carboxylic acids is 1. The lowest BCUT2D eigenvalue weighted by Crippen LogP contribution is -2.48. The highest BCUT2D eigenvalue weighted by Gasteiger charge is 2.19. The van der Waals surface area contributed by atoms with Crippen LogP contribution in [-0.4, -0.2) is 46.2 Å². The summed E-state index contributed by atoms with van der Waals surface area (Å²) in [4.78, 5) is 26.6. The molecule has 3 aromatic rings. The quantitative estimate of drug-likeness (QED) is 0.596. The van der Waals surface area contributed by atoms with Crippen LogP contribution in [0.3, 0.4) is 0 Å². The van der Waals surface area contributed by atoms with Crippen LogP contribution >= 0.6 is 0 Å². The van der Waals surface area contributed by atoms with Crippen molar-refractivity contribution in [3.05, 3.63) is 66.2 Å². The predicted octanol–water partition coefficient (Wildman–Crippen LogP) is 1.47. The second-order valence-electron chi connectivity index (χ2n) is 6.43. The summed E-state index contributed by atoms with van der Waals surface area (Å²) >= 11 is 0. The molecule has 0 atom stereocenters. The molecule has 4 rings (SSSR count). The number of nitrogens with zero attached hydrogens (tertiary/aromatic N) is 4. The monoisotopic (exact) mass is 373 g/mol. The molecule has 3 aromatic heterocycles. The van der Waals surface area contributed by atoms with E-state index in [1.54, 1.807) is 30.7 Å². The van der Waals surface area contributed by atoms with Gasteiger partial charge in [0.15, 0.2) is 0 Å². The zero-order chi connectivity index (χ0) is 19.5. The van der Waals surface area contributed by atoms with Gasteiger partial charge in [-0.2, -0.15) is 0 Å². The van der Waals surface area contributed by atoms with Crippen LogP contribution in [0.2, 0.25) is 0 Å². The third-order valence-electron chi connectivity index (χ3n) is 4.51. The highest BCUT2D eigenvalue weighted by Crippen LogP contribution is 2.23. The fourth-order valence-electron chi connectivity index (χ4n) is 3.07. The third kappa shape index (κ3) is 3.52. The lowest BCUT2D eigenvalue weighted by molar-refractivity contribution is -0.120. The number of nitrogen functional groups attached to an aromatic ring is 1. The molecule has 0 aromatic carbocycles. The van der Waals surface area contributed by atoms with E-state index in [4.69, 9.17) is 11.1 Å². The van der Waals surface area contributed by atoms with Crippen LogP contribution in [0.25, 0.3) is 11.3 Å². The van der Waals surface area contributed by atoms with Gasteiger partial charge in [-0.3, -0.25) is 20.2 Å². The summed E-state index contributed by atoms with van der Waals surface area (Å²) in [6.07, 6.45) is 4.96. The maximum atomic E-state index is 11.7. The Balaban J connectivity index is 1.66. The van der Waals surface area contributed by atoms with Crippen LogP contribution in [0.15, 0.2) is 55.0 Å². The molecule has 28 heavy (non-hydrogen) atoms. The van der Waals surface area contributed by atoms with E-state index in [-0.39, 0.29) is 18.2 Å². The maximum absolute atomic E-state index is 11.7. The molecule has 0 radical (unpaired) electrons. The topological polar surface area (TPSA) is 121 Å². The molecule has 0 bridgehead atoms. The van der Waals surface area contributed by atoms with Gasteiger partial charge in [-0.05, 0) is 30.3 Å². The Morgan fingerprint density at radius 3 is 2.89 bits per heavy atom. The molecule has 0 spiro atoms. The van der Waals surface area contributed by atoms with E-state index in [9.17, 15) is 4.79 Å². The van der Waals surface area contributed by atoms with Gasteiger partial charge in [0.25, 0.3) is 0 Å². The molecule has 1 fully saturated rings. The number of aromatic nitrogens is 3. The van der Waals surface area contributed by atoms with Gasteiger partial charge in [0, 0.05) is 36.6 Å². The molecule has 4 heterocycles. The number of hydrogen-bond acceptors (Lipinski definition) is 7. The zero-order valence-corrected chi connectivity index (χ0v) is 15.1. The van der Waals surface area contributed by atoms with Gasteiger partial charge in [-0.1, -0.05) is 6.07 Å². The largest absolute Gasteiger partial charge is 0.397 e.